The van der Waals surface area contributed by atoms with Gasteiger partial charge in [0.2, 0.25) is 11.8 Å². The lowest BCUT2D eigenvalue weighted by Crippen LogP contribution is -2.46. The van der Waals surface area contributed by atoms with Crippen LogP contribution in [-0.4, -0.2) is 34.8 Å². The van der Waals surface area contributed by atoms with Gasteiger partial charge >= 0.3 is 0 Å². The smallest absolute Gasteiger partial charge is 0.225 e. The van der Waals surface area contributed by atoms with Gasteiger partial charge in [0, 0.05) is 29.8 Å². The van der Waals surface area contributed by atoms with Crippen molar-refractivity contribution in [2.45, 2.75) is 52.5 Å². The van der Waals surface area contributed by atoms with Crippen LogP contribution in [0.15, 0.2) is 0 Å². The molecule has 3 rings (SSSR count). The Bertz CT molecular complexity index is 587. The first kappa shape index (κ1) is 16.4. The molecule has 0 unspecified atom stereocenters. The Balaban J connectivity index is 1.44. The maximum absolute atomic E-state index is 12.3. The third-order valence-corrected chi connectivity index (χ3v) is 6.13. The van der Waals surface area contributed by atoms with E-state index in [1.54, 1.807) is 11.3 Å². The van der Waals surface area contributed by atoms with Gasteiger partial charge in [0.1, 0.15) is 0 Å². The predicted octanol–water partition coefficient (Wildman–Crippen LogP) is 2.41. The van der Waals surface area contributed by atoms with Crippen molar-refractivity contribution in [3.8, 4) is 0 Å². The van der Waals surface area contributed by atoms with Crippen LogP contribution in [-0.2, 0) is 16.1 Å². The van der Waals surface area contributed by atoms with Crippen molar-refractivity contribution in [1.29, 1.82) is 0 Å². The summed E-state index contributed by atoms with van der Waals surface area (Å²) in [6.45, 7) is 5.99. The summed E-state index contributed by atoms with van der Waals surface area (Å²) in [6.07, 6.45) is 4.85. The first-order chi connectivity index (χ1) is 11.0. The summed E-state index contributed by atoms with van der Waals surface area (Å²) in [5, 5.41) is 4.08. The number of carbonyl (C=O) groups is 2. The zero-order valence-corrected chi connectivity index (χ0v) is 14.7. The highest BCUT2D eigenvalue weighted by molar-refractivity contribution is 7.11. The van der Waals surface area contributed by atoms with Crippen molar-refractivity contribution < 1.29 is 9.59 Å². The molecule has 0 bridgehead atoms. The quantitative estimate of drug-likeness (QED) is 0.919. The maximum atomic E-state index is 12.3. The molecule has 1 saturated carbocycles. The fourth-order valence-electron chi connectivity index (χ4n) is 3.32. The SMILES string of the molecule is Cc1nc(C)c(CNC(=O)C2CCN(C(=O)C3CCC3)CC2)s1. The Labute approximate surface area is 141 Å². The molecule has 0 atom stereocenters. The van der Waals surface area contributed by atoms with Crippen molar-refractivity contribution >= 4 is 23.2 Å². The van der Waals surface area contributed by atoms with E-state index in [0.29, 0.717) is 12.5 Å². The minimum absolute atomic E-state index is 0.0368. The monoisotopic (exact) mass is 335 g/mol. The normalized spacial score (nSPS) is 19.5. The minimum atomic E-state index is 0.0368. The number of aromatic nitrogens is 1. The van der Waals surface area contributed by atoms with Gasteiger partial charge in [-0.3, -0.25) is 9.59 Å². The highest BCUT2D eigenvalue weighted by Gasteiger charge is 2.33. The average Bonchev–Trinajstić information content (AvgIpc) is 2.81. The van der Waals surface area contributed by atoms with E-state index in [2.05, 4.69) is 10.3 Å². The number of nitrogens with one attached hydrogen (secondary N) is 1. The van der Waals surface area contributed by atoms with Crippen LogP contribution in [0.1, 0.15) is 47.7 Å². The zero-order valence-electron chi connectivity index (χ0n) is 13.9. The van der Waals surface area contributed by atoms with Gasteiger partial charge in [0.15, 0.2) is 0 Å². The van der Waals surface area contributed by atoms with Crippen LogP contribution in [0.2, 0.25) is 0 Å². The molecule has 2 amide bonds. The van der Waals surface area contributed by atoms with E-state index in [0.717, 1.165) is 54.4 Å². The second kappa shape index (κ2) is 6.99. The molecule has 1 aliphatic carbocycles. The Hall–Kier alpha value is -1.43. The molecule has 23 heavy (non-hydrogen) atoms. The van der Waals surface area contributed by atoms with E-state index in [9.17, 15) is 9.59 Å². The van der Waals surface area contributed by atoms with Crippen LogP contribution in [0.5, 0.6) is 0 Å². The molecule has 1 saturated heterocycles. The van der Waals surface area contributed by atoms with Gasteiger partial charge in [-0.2, -0.15) is 0 Å². The third-order valence-electron chi connectivity index (χ3n) is 5.05. The topological polar surface area (TPSA) is 62.3 Å². The molecule has 1 aliphatic heterocycles. The van der Waals surface area contributed by atoms with Gasteiger partial charge in [0.25, 0.3) is 0 Å². The fraction of sp³-hybridized carbons (Fsp3) is 0.706. The van der Waals surface area contributed by atoms with E-state index in [-0.39, 0.29) is 17.7 Å². The Morgan fingerprint density at radius 1 is 1.17 bits per heavy atom. The first-order valence-corrected chi connectivity index (χ1v) is 9.35. The Morgan fingerprint density at radius 3 is 2.39 bits per heavy atom. The Morgan fingerprint density at radius 2 is 1.87 bits per heavy atom. The van der Waals surface area contributed by atoms with E-state index >= 15 is 0 Å². The summed E-state index contributed by atoms with van der Waals surface area (Å²) in [5.74, 6) is 0.727. The summed E-state index contributed by atoms with van der Waals surface area (Å²) < 4.78 is 0. The molecular weight excluding hydrogens is 310 g/mol. The van der Waals surface area contributed by atoms with Gasteiger partial charge in [-0.05, 0) is 39.5 Å². The highest BCUT2D eigenvalue weighted by Crippen LogP contribution is 2.30. The first-order valence-electron chi connectivity index (χ1n) is 8.54. The standard InChI is InChI=1S/C17H25N3O2S/c1-11-15(23-12(2)19-11)10-18-16(21)13-6-8-20(9-7-13)17(22)14-4-3-5-14/h13-14H,3-10H2,1-2H3,(H,18,21). The molecule has 1 aromatic heterocycles. The molecule has 0 spiro atoms. The second-order valence-electron chi connectivity index (χ2n) is 6.69. The van der Waals surface area contributed by atoms with Crippen LogP contribution in [0.4, 0.5) is 0 Å². The zero-order chi connectivity index (χ0) is 16.4. The minimum Gasteiger partial charge on any atom is -0.351 e. The lowest BCUT2D eigenvalue weighted by molar-refractivity contribution is -0.141. The lowest BCUT2D eigenvalue weighted by atomic mass is 9.83. The highest BCUT2D eigenvalue weighted by atomic mass is 32.1. The van der Waals surface area contributed by atoms with Crippen molar-refractivity contribution in [1.82, 2.24) is 15.2 Å². The van der Waals surface area contributed by atoms with Gasteiger partial charge in [-0.15, -0.1) is 11.3 Å². The maximum Gasteiger partial charge on any atom is 0.225 e. The largest absolute Gasteiger partial charge is 0.351 e. The molecular formula is C17H25N3O2S. The number of thiazole rings is 1. The van der Waals surface area contributed by atoms with Crippen molar-refractivity contribution in [3.63, 3.8) is 0 Å². The van der Waals surface area contributed by atoms with Gasteiger partial charge in [-0.25, -0.2) is 4.98 Å². The van der Waals surface area contributed by atoms with Crippen LogP contribution < -0.4 is 5.32 Å². The molecule has 5 nitrogen and oxygen atoms in total. The number of aryl methyl sites for hydroxylation is 2. The molecule has 0 aromatic carbocycles. The van der Waals surface area contributed by atoms with E-state index < -0.39 is 0 Å². The van der Waals surface area contributed by atoms with Gasteiger partial charge in [-0.1, -0.05) is 6.42 Å². The summed E-state index contributed by atoms with van der Waals surface area (Å²) in [6, 6.07) is 0. The molecule has 2 aliphatic rings. The lowest BCUT2D eigenvalue weighted by Gasteiger charge is -2.36. The molecule has 126 valence electrons. The molecule has 1 N–H and O–H groups in total. The van der Waals surface area contributed by atoms with Crippen molar-refractivity contribution in [2.75, 3.05) is 13.1 Å². The number of piperidine rings is 1. The van der Waals surface area contributed by atoms with Gasteiger partial charge in [0.05, 0.1) is 17.2 Å². The molecule has 1 aromatic rings. The molecule has 6 heteroatoms. The van der Waals surface area contributed by atoms with Crippen molar-refractivity contribution in [3.05, 3.63) is 15.6 Å². The van der Waals surface area contributed by atoms with E-state index in [4.69, 9.17) is 0 Å². The number of nitrogens with zero attached hydrogens (tertiary/aromatic N) is 2. The summed E-state index contributed by atoms with van der Waals surface area (Å²) in [5.41, 5.74) is 1.01. The number of rotatable bonds is 4. The average molecular weight is 335 g/mol. The number of likely N-dealkylation sites (tertiary alicyclic amines) is 1. The van der Waals surface area contributed by atoms with Crippen LogP contribution in [0, 0.1) is 25.7 Å². The number of hydrogen-bond donors (Lipinski definition) is 1. The second-order valence-corrected chi connectivity index (χ2v) is 7.97. The predicted molar refractivity (Wildman–Crippen MR) is 90.1 cm³/mol. The number of hydrogen-bond acceptors (Lipinski definition) is 4. The van der Waals surface area contributed by atoms with E-state index in [1.807, 2.05) is 18.7 Å². The Kier molecular flexibility index (Phi) is 4.99. The van der Waals surface area contributed by atoms with Crippen LogP contribution in [0.25, 0.3) is 0 Å². The van der Waals surface area contributed by atoms with Crippen LogP contribution in [0.3, 0.4) is 0 Å². The summed E-state index contributed by atoms with van der Waals surface area (Å²) in [4.78, 5) is 32.0. The summed E-state index contributed by atoms with van der Waals surface area (Å²) >= 11 is 1.64. The van der Waals surface area contributed by atoms with Crippen LogP contribution >= 0.6 is 11.3 Å². The molecule has 0 radical (unpaired) electrons. The number of carbonyl (C=O) groups excluding carboxylic acids is 2. The number of amides is 2. The summed E-state index contributed by atoms with van der Waals surface area (Å²) in [7, 11) is 0. The molecule has 2 heterocycles. The van der Waals surface area contributed by atoms with E-state index in [1.165, 1.54) is 6.42 Å². The fourth-order valence-corrected chi connectivity index (χ4v) is 4.20. The van der Waals surface area contributed by atoms with Gasteiger partial charge < -0.3 is 10.2 Å². The molecule has 2 fully saturated rings. The van der Waals surface area contributed by atoms with Crippen molar-refractivity contribution in [2.24, 2.45) is 11.8 Å². The third kappa shape index (κ3) is 3.74.